The second kappa shape index (κ2) is 4.00. The van der Waals surface area contributed by atoms with Crippen molar-refractivity contribution in [2.75, 3.05) is 11.9 Å². The number of nitro benzene ring substituents is 1. The second-order valence-corrected chi connectivity index (χ2v) is 4.35. The van der Waals surface area contributed by atoms with E-state index < -0.39 is 10.8 Å². The highest BCUT2D eigenvalue weighted by Crippen LogP contribution is 2.47. The topological polar surface area (TPSA) is 63.5 Å². The number of nitro groups is 1. The molecule has 0 aromatic heterocycles. The van der Waals surface area contributed by atoms with Gasteiger partial charge in [0.05, 0.1) is 27.1 Å². The van der Waals surface area contributed by atoms with E-state index in [9.17, 15) is 14.9 Å². The highest BCUT2D eigenvalue weighted by Gasteiger charge is 2.40. The lowest BCUT2D eigenvalue weighted by molar-refractivity contribution is -0.385. The number of hydrogen-bond acceptors (Lipinski definition) is 3. The monoisotopic (exact) mass is 254 g/mol. The van der Waals surface area contributed by atoms with Crippen LogP contribution >= 0.6 is 11.6 Å². The standard InChI is InChI=1S/C11H11ClN2O3/c1-3-6-9-8(14(16)17)5-4-7(12)10(9)13(2)11(6)15/h4-6H,3H2,1-2H3. The number of anilines is 1. The normalized spacial score (nSPS) is 18.4. The summed E-state index contributed by atoms with van der Waals surface area (Å²) in [7, 11) is 1.59. The van der Waals surface area contributed by atoms with E-state index in [1.54, 1.807) is 7.05 Å². The fourth-order valence-corrected chi connectivity index (χ4v) is 2.55. The van der Waals surface area contributed by atoms with Gasteiger partial charge in [0.2, 0.25) is 5.91 Å². The Bertz CT molecular complexity index is 516. The van der Waals surface area contributed by atoms with E-state index >= 15 is 0 Å². The predicted octanol–water partition coefficient (Wildman–Crippen LogP) is 2.72. The molecule has 1 atom stereocenters. The van der Waals surface area contributed by atoms with Crippen LogP contribution in [0.2, 0.25) is 5.02 Å². The molecule has 0 saturated carbocycles. The first-order chi connectivity index (χ1) is 7.99. The molecule has 0 N–H and O–H groups in total. The first kappa shape index (κ1) is 11.9. The first-order valence-electron chi connectivity index (χ1n) is 5.23. The van der Waals surface area contributed by atoms with Gasteiger partial charge in [-0.15, -0.1) is 0 Å². The van der Waals surface area contributed by atoms with Crippen molar-refractivity contribution in [1.29, 1.82) is 0 Å². The fourth-order valence-electron chi connectivity index (χ4n) is 2.26. The third-order valence-corrected chi connectivity index (χ3v) is 3.37. The minimum absolute atomic E-state index is 0.0334. The van der Waals surface area contributed by atoms with Gasteiger partial charge in [-0.25, -0.2) is 0 Å². The van der Waals surface area contributed by atoms with Crippen molar-refractivity contribution >= 4 is 28.9 Å². The molecule has 1 aromatic rings. The molecule has 1 heterocycles. The lowest BCUT2D eigenvalue weighted by Gasteiger charge is -2.11. The average molecular weight is 255 g/mol. The van der Waals surface area contributed by atoms with Gasteiger partial charge in [0.15, 0.2) is 0 Å². The van der Waals surface area contributed by atoms with Gasteiger partial charge >= 0.3 is 0 Å². The molecule has 0 bridgehead atoms. The van der Waals surface area contributed by atoms with E-state index in [-0.39, 0.29) is 11.6 Å². The van der Waals surface area contributed by atoms with Gasteiger partial charge < -0.3 is 4.90 Å². The number of hydrogen-bond donors (Lipinski definition) is 0. The van der Waals surface area contributed by atoms with E-state index in [1.165, 1.54) is 17.0 Å². The summed E-state index contributed by atoms with van der Waals surface area (Å²) in [5, 5.41) is 11.4. The number of fused-ring (bicyclic) bond motifs is 1. The molecule has 17 heavy (non-hydrogen) atoms. The van der Waals surface area contributed by atoms with Crippen molar-refractivity contribution in [3.8, 4) is 0 Å². The van der Waals surface area contributed by atoms with Crippen LogP contribution in [0.15, 0.2) is 12.1 Å². The molecule has 1 aromatic carbocycles. The number of carbonyl (C=O) groups excluding carboxylic acids is 1. The van der Waals surface area contributed by atoms with Gasteiger partial charge in [-0.05, 0) is 12.5 Å². The van der Waals surface area contributed by atoms with Gasteiger partial charge in [-0.2, -0.15) is 0 Å². The van der Waals surface area contributed by atoms with Crippen LogP contribution in [0.3, 0.4) is 0 Å². The Morgan fingerprint density at radius 3 is 2.71 bits per heavy atom. The van der Waals surface area contributed by atoms with Crippen LogP contribution in [0.5, 0.6) is 0 Å². The Balaban J connectivity index is 2.75. The Kier molecular flexibility index (Phi) is 2.79. The van der Waals surface area contributed by atoms with Crippen molar-refractivity contribution in [3.63, 3.8) is 0 Å². The molecular formula is C11H11ClN2O3. The number of nitrogens with zero attached hydrogens (tertiary/aromatic N) is 2. The number of rotatable bonds is 2. The maximum Gasteiger partial charge on any atom is 0.275 e. The van der Waals surface area contributed by atoms with Crippen molar-refractivity contribution in [2.45, 2.75) is 19.3 Å². The summed E-state index contributed by atoms with van der Waals surface area (Å²) in [5.74, 6) is -0.604. The fraction of sp³-hybridized carbons (Fsp3) is 0.364. The van der Waals surface area contributed by atoms with Gasteiger partial charge in [0.25, 0.3) is 5.69 Å². The summed E-state index contributed by atoms with van der Waals surface area (Å²) < 4.78 is 0. The molecule has 0 radical (unpaired) electrons. The van der Waals surface area contributed by atoms with E-state index in [2.05, 4.69) is 0 Å². The summed E-state index contributed by atoms with van der Waals surface area (Å²) in [6, 6.07) is 2.82. The maximum atomic E-state index is 12.0. The molecule has 6 heteroatoms. The zero-order valence-corrected chi connectivity index (χ0v) is 10.2. The third kappa shape index (κ3) is 1.58. The third-order valence-electron chi connectivity index (χ3n) is 3.06. The number of halogens is 1. The predicted molar refractivity (Wildman–Crippen MR) is 64.5 cm³/mol. The first-order valence-corrected chi connectivity index (χ1v) is 5.61. The van der Waals surface area contributed by atoms with Crippen LogP contribution in [0.4, 0.5) is 11.4 Å². The Morgan fingerprint density at radius 2 is 2.18 bits per heavy atom. The van der Waals surface area contributed by atoms with Gasteiger partial charge in [0.1, 0.15) is 0 Å². The van der Waals surface area contributed by atoms with Crippen LogP contribution in [-0.2, 0) is 4.79 Å². The number of likely N-dealkylation sites (N-methyl/N-ethyl adjacent to an activating group) is 1. The smallest absolute Gasteiger partial charge is 0.275 e. The van der Waals surface area contributed by atoms with Crippen LogP contribution in [0.1, 0.15) is 24.8 Å². The number of amides is 1. The molecule has 1 aliphatic heterocycles. The molecule has 1 amide bonds. The maximum absolute atomic E-state index is 12.0. The lowest BCUT2D eigenvalue weighted by atomic mass is 9.96. The molecule has 1 unspecified atom stereocenters. The molecular weight excluding hydrogens is 244 g/mol. The van der Waals surface area contributed by atoms with Crippen LogP contribution in [-0.4, -0.2) is 17.9 Å². The van der Waals surface area contributed by atoms with E-state index in [0.29, 0.717) is 22.7 Å². The largest absolute Gasteiger partial charge is 0.313 e. The molecule has 0 spiro atoms. The van der Waals surface area contributed by atoms with Crippen molar-refractivity contribution in [1.82, 2.24) is 0 Å². The minimum Gasteiger partial charge on any atom is -0.313 e. The van der Waals surface area contributed by atoms with Gasteiger partial charge in [0, 0.05) is 13.1 Å². The van der Waals surface area contributed by atoms with Crippen LogP contribution < -0.4 is 4.90 Å². The van der Waals surface area contributed by atoms with Crippen molar-refractivity contribution < 1.29 is 9.72 Å². The minimum atomic E-state index is -0.468. The Hall–Kier alpha value is -1.62. The zero-order valence-electron chi connectivity index (χ0n) is 9.44. The summed E-state index contributed by atoms with van der Waals surface area (Å²) in [6.07, 6.45) is 0.525. The van der Waals surface area contributed by atoms with Crippen molar-refractivity contribution in [2.24, 2.45) is 0 Å². The number of carbonyl (C=O) groups is 1. The molecule has 0 fully saturated rings. The summed E-state index contributed by atoms with van der Waals surface area (Å²) in [5.41, 5.74) is 0.879. The Morgan fingerprint density at radius 1 is 1.53 bits per heavy atom. The highest BCUT2D eigenvalue weighted by molar-refractivity contribution is 6.35. The van der Waals surface area contributed by atoms with Crippen LogP contribution in [0, 0.1) is 10.1 Å². The molecule has 5 nitrogen and oxygen atoms in total. The second-order valence-electron chi connectivity index (χ2n) is 3.94. The molecule has 0 aliphatic carbocycles. The summed E-state index contributed by atoms with van der Waals surface area (Å²) in [6.45, 7) is 1.83. The van der Waals surface area contributed by atoms with E-state index in [4.69, 9.17) is 11.6 Å². The molecule has 1 aliphatic rings. The molecule has 90 valence electrons. The SMILES string of the molecule is CCC1C(=O)N(C)c2c(Cl)ccc([N+](=O)[O-])c21. The molecule has 2 rings (SSSR count). The average Bonchev–Trinajstić information content (AvgIpc) is 2.53. The Labute approximate surface area is 103 Å². The van der Waals surface area contributed by atoms with Crippen LogP contribution in [0.25, 0.3) is 0 Å². The van der Waals surface area contributed by atoms with E-state index in [0.717, 1.165) is 0 Å². The van der Waals surface area contributed by atoms with Gasteiger partial charge in [-0.1, -0.05) is 18.5 Å². The van der Waals surface area contributed by atoms with E-state index in [1.807, 2.05) is 6.92 Å². The summed E-state index contributed by atoms with van der Waals surface area (Å²) >= 11 is 6.01. The molecule has 0 saturated heterocycles. The van der Waals surface area contributed by atoms with Gasteiger partial charge in [-0.3, -0.25) is 14.9 Å². The lowest BCUT2D eigenvalue weighted by Crippen LogP contribution is -2.23. The number of benzene rings is 1. The summed E-state index contributed by atoms with van der Waals surface area (Å²) in [4.78, 5) is 23.9. The highest BCUT2D eigenvalue weighted by atomic mass is 35.5. The zero-order chi connectivity index (χ0) is 12.7. The quantitative estimate of drug-likeness (QED) is 0.602. The van der Waals surface area contributed by atoms with Crippen molar-refractivity contribution in [3.05, 3.63) is 32.8 Å².